The van der Waals surface area contributed by atoms with Crippen LogP contribution >= 0.6 is 0 Å². The summed E-state index contributed by atoms with van der Waals surface area (Å²) in [4.78, 5) is 13.3. The SMILES string of the molecule is CO[C@H]1CCN(C(=O)C(N)CN(C)N)C[C@H]1F. The first-order valence-electron chi connectivity index (χ1n) is 5.62. The number of ether oxygens (including phenoxy) is 1. The van der Waals surface area contributed by atoms with Crippen molar-refractivity contribution in [2.75, 3.05) is 33.8 Å². The van der Waals surface area contributed by atoms with E-state index in [1.165, 1.54) is 17.0 Å². The van der Waals surface area contributed by atoms with E-state index in [1.807, 2.05) is 0 Å². The van der Waals surface area contributed by atoms with Gasteiger partial charge in [0.25, 0.3) is 0 Å². The van der Waals surface area contributed by atoms with Crippen LogP contribution in [0, 0.1) is 0 Å². The Kier molecular flexibility index (Phi) is 5.26. The minimum Gasteiger partial charge on any atom is -0.378 e. The van der Waals surface area contributed by atoms with Crippen molar-refractivity contribution in [3.63, 3.8) is 0 Å². The minimum absolute atomic E-state index is 0.0410. The summed E-state index contributed by atoms with van der Waals surface area (Å²) in [6.07, 6.45) is -1.08. The molecular weight excluding hydrogens is 227 g/mol. The van der Waals surface area contributed by atoms with Gasteiger partial charge in [0.1, 0.15) is 6.17 Å². The van der Waals surface area contributed by atoms with Crippen LogP contribution in [-0.4, -0.2) is 67.9 Å². The average Bonchev–Trinajstić information content (AvgIpc) is 2.27. The van der Waals surface area contributed by atoms with E-state index in [-0.39, 0.29) is 19.0 Å². The Hall–Kier alpha value is -0.760. The van der Waals surface area contributed by atoms with Crippen LogP contribution in [0.25, 0.3) is 0 Å². The molecule has 0 aromatic heterocycles. The molecule has 17 heavy (non-hydrogen) atoms. The predicted molar refractivity (Wildman–Crippen MR) is 61.7 cm³/mol. The van der Waals surface area contributed by atoms with Crippen LogP contribution in [0.3, 0.4) is 0 Å². The fourth-order valence-electron chi connectivity index (χ4n) is 1.97. The van der Waals surface area contributed by atoms with E-state index in [2.05, 4.69) is 0 Å². The van der Waals surface area contributed by atoms with Crippen LogP contribution < -0.4 is 11.6 Å². The maximum absolute atomic E-state index is 13.6. The standard InChI is InChI=1S/C10H21FN4O2/c1-14(13)6-8(12)10(16)15-4-3-9(17-2)7(11)5-15/h7-9H,3-6,12-13H2,1-2H3/t7-,8?,9+/m1/s1. The average molecular weight is 248 g/mol. The minimum atomic E-state index is -1.15. The molecule has 1 saturated heterocycles. The number of carbonyl (C=O) groups excluding carboxylic acids is 1. The van der Waals surface area contributed by atoms with Crippen molar-refractivity contribution in [1.29, 1.82) is 0 Å². The van der Waals surface area contributed by atoms with Gasteiger partial charge in [0.15, 0.2) is 0 Å². The highest BCUT2D eigenvalue weighted by molar-refractivity contribution is 5.82. The van der Waals surface area contributed by atoms with Gasteiger partial charge in [-0.1, -0.05) is 0 Å². The molecule has 100 valence electrons. The van der Waals surface area contributed by atoms with Gasteiger partial charge in [-0.3, -0.25) is 10.6 Å². The van der Waals surface area contributed by atoms with Gasteiger partial charge in [0.05, 0.1) is 18.7 Å². The first-order chi connectivity index (χ1) is 7.95. The highest BCUT2D eigenvalue weighted by Gasteiger charge is 2.33. The summed E-state index contributed by atoms with van der Waals surface area (Å²) in [5.74, 6) is 5.16. The lowest BCUT2D eigenvalue weighted by Gasteiger charge is -2.35. The van der Waals surface area contributed by atoms with E-state index in [9.17, 15) is 9.18 Å². The van der Waals surface area contributed by atoms with Crippen molar-refractivity contribution < 1.29 is 13.9 Å². The molecule has 6 nitrogen and oxygen atoms in total. The molecule has 3 atom stereocenters. The zero-order valence-electron chi connectivity index (χ0n) is 10.3. The second-order valence-corrected chi connectivity index (χ2v) is 4.41. The number of hydrogen-bond donors (Lipinski definition) is 2. The molecule has 1 fully saturated rings. The lowest BCUT2D eigenvalue weighted by atomic mass is 10.0. The molecule has 0 aromatic rings. The van der Waals surface area contributed by atoms with Crippen molar-refractivity contribution in [2.24, 2.45) is 11.6 Å². The van der Waals surface area contributed by atoms with Gasteiger partial charge in [0.2, 0.25) is 5.91 Å². The van der Waals surface area contributed by atoms with Gasteiger partial charge >= 0.3 is 0 Å². The lowest BCUT2D eigenvalue weighted by molar-refractivity contribution is -0.138. The van der Waals surface area contributed by atoms with Crippen molar-refractivity contribution in [3.8, 4) is 0 Å². The van der Waals surface area contributed by atoms with Crippen LogP contribution in [-0.2, 0) is 9.53 Å². The summed E-state index contributed by atoms with van der Waals surface area (Å²) >= 11 is 0. The molecule has 0 aliphatic carbocycles. The van der Waals surface area contributed by atoms with Crippen LogP contribution in [0.5, 0.6) is 0 Å². The number of hydrazine groups is 1. The number of likely N-dealkylation sites (tertiary alicyclic amines) is 1. The topological polar surface area (TPSA) is 84.8 Å². The molecule has 7 heteroatoms. The quantitative estimate of drug-likeness (QED) is 0.477. The number of carbonyl (C=O) groups is 1. The molecule has 4 N–H and O–H groups in total. The Bertz CT molecular complexity index is 265. The molecular formula is C10H21FN4O2. The zero-order valence-corrected chi connectivity index (χ0v) is 10.3. The van der Waals surface area contributed by atoms with Gasteiger partial charge in [-0.25, -0.2) is 9.40 Å². The zero-order chi connectivity index (χ0) is 13.0. The summed E-state index contributed by atoms with van der Waals surface area (Å²) in [5, 5.41) is 1.34. The number of piperidine rings is 1. The summed E-state index contributed by atoms with van der Waals surface area (Å²) in [7, 11) is 3.10. The monoisotopic (exact) mass is 248 g/mol. The molecule has 1 aliphatic rings. The second-order valence-electron chi connectivity index (χ2n) is 4.41. The van der Waals surface area contributed by atoms with Gasteiger partial charge in [-0.05, 0) is 6.42 Å². The van der Waals surface area contributed by atoms with Gasteiger partial charge < -0.3 is 15.4 Å². The third-order valence-corrected chi connectivity index (χ3v) is 2.90. The van der Waals surface area contributed by atoms with Crippen LogP contribution in [0.2, 0.25) is 0 Å². The van der Waals surface area contributed by atoms with Crippen LogP contribution in [0.15, 0.2) is 0 Å². The smallest absolute Gasteiger partial charge is 0.240 e. The molecule has 1 aliphatic heterocycles. The third kappa shape index (κ3) is 3.88. The maximum atomic E-state index is 13.6. The number of alkyl halides is 1. The summed E-state index contributed by atoms with van der Waals surface area (Å²) in [6, 6.07) is -0.712. The highest BCUT2D eigenvalue weighted by Crippen LogP contribution is 2.17. The van der Waals surface area contributed by atoms with E-state index >= 15 is 0 Å². The highest BCUT2D eigenvalue weighted by atomic mass is 19.1. The normalized spacial score (nSPS) is 27.3. The number of amides is 1. The molecule has 1 unspecified atom stereocenters. The molecule has 1 heterocycles. The third-order valence-electron chi connectivity index (χ3n) is 2.90. The molecule has 1 amide bonds. The molecule has 0 aromatic carbocycles. The molecule has 1 rings (SSSR count). The van der Waals surface area contributed by atoms with Gasteiger partial charge in [0, 0.05) is 27.2 Å². The summed E-state index contributed by atoms with van der Waals surface area (Å²) < 4.78 is 18.6. The van der Waals surface area contributed by atoms with E-state index < -0.39 is 18.3 Å². The Morgan fingerprint density at radius 1 is 1.71 bits per heavy atom. The van der Waals surface area contributed by atoms with Crippen molar-refractivity contribution in [2.45, 2.75) is 24.7 Å². The first kappa shape index (κ1) is 14.3. The van der Waals surface area contributed by atoms with E-state index in [4.69, 9.17) is 16.3 Å². The Labute approximate surface area is 101 Å². The Balaban J connectivity index is 2.49. The largest absolute Gasteiger partial charge is 0.378 e. The van der Waals surface area contributed by atoms with E-state index in [1.54, 1.807) is 7.05 Å². The molecule has 0 saturated carbocycles. The van der Waals surface area contributed by atoms with E-state index in [0.717, 1.165) is 0 Å². The number of halogens is 1. The van der Waals surface area contributed by atoms with Crippen molar-refractivity contribution in [3.05, 3.63) is 0 Å². The number of nitrogens with two attached hydrogens (primary N) is 2. The van der Waals surface area contributed by atoms with Crippen LogP contribution in [0.1, 0.15) is 6.42 Å². The molecule has 0 spiro atoms. The molecule has 0 radical (unpaired) electrons. The van der Waals surface area contributed by atoms with E-state index in [0.29, 0.717) is 13.0 Å². The van der Waals surface area contributed by atoms with Gasteiger partial charge in [-0.2, -0.15) is 0 Å². The fraction of sp³-hybridized carbons (Fsp3) is 0.900. The number of likely N-dealkylation sites (N-methyl/N-ethyl adjacent to an activating group) is 1. The fourth-order valence-corrected chi connectivity index (χ4v) is 1.97. The number of nitrogens with zero attached hydrogens (tertiary/aromatic N) is 2. The number of methoxy groups -OCH3 is 1. The first-order valence-corrected chi connectivity index (χ1v) is 5.62. The molecule has 0 bridgehead atoms. The second kappa shape index (κ2) is 6.25. The number of rotatable bonds is 4. The summed E-state index contributed by atoms with van der Waals surface area (Å²) in [5.41, 5.74) is 5.70. The summed E-state index contributed by atoms with van der Waals surface area (Å²) in [6.45, 7) is 0.763. The van der Waals surface area contributed by atoms with Crippen LogP contribution in [0.4, 0.5) is 4.39 Å². The van der Waals surface area contributed by atoms with Gasteiger partial charge in [-0.15, -0.1) is 0 Å². The Morgan fingerprint density at radius 3 is 2.82 bits per heavy atom. The maximum Gasteiger partial charge on any atom is 0.240 e. The lowest BCUT2D eigenvalue weighted by Crippen LogP contribution is -2.55. The predicted octanol–water partition coefficient (Wildman–Crippen LogP) is -1.30. The Morgan fingerprint density at radius 2 is 2.35 bits per heavy atom. The van der Waals surface area contributed by atoms with Crippen molar-refractivity contribution in [1.82, 2.24) is 9.91 Å². The van der Waals surface area contributed by atoms with Crippen molar-refractivity contribution >= 4 is 5.91 Å². The number of hydrogen-bond acceptors (Lipinski definition) is 5.